The number of hydrogen-bond acceptors (Lipinski definition) is 3. The molecule has 0 aliphatic carbocycles. The quantitative estimate of drug-likeness (QED) is 0.814. The fourth-order valence-electron chi connectivity index (χ4n) is 1.87. The number of amides is 1. The first-order valence-electron chi connectivity index (χ1n) is 5.93. The van der Waals surface area contributed by atoms with Gasteiger partial charge in [0.1, 0.15) is 0 Å². The number of nitrogens with two attached hydrogens (primary N) is 1. The van der Waals surface area contributed by atoms with Gasteiger partial charge in [0.25, 0.3) is 5.91 Å². The zero-order valence-corrected chi connectivity index (χ0v) is 14.3. The van der Waals surface area contributed by atoms with Crippen LogP contribution in [0.1, 0.15) is 20.8 Å². The molecule has 2 aromatic rings. The molecule has 1 heterocycles. The highest BCUT2D eigenvalue weighted by Crippen LogP contribution is 2.26. The lowest BCUT2D eigenvalue weighted by Gasteiger charge is -2.18. The Morgan fingerprint density at radius 2 is 2.15 bits per heavy atom. The van der Waals surface area contributed by atoms with Crippen molar-refractivity contribution in [3.8, 4) is 0 Å². The van der Waals surface area contributed by atoms with Crippen LogP contribution in [0.5, 0.6) is 0 Å². The second kappa shape index (κ2) is 6.16. The van der Waals surface area contributed by atoms with E-state index >= 15 is 0 Å². The van der Waals surface area contributed by atoms with Crippen molar-refractivity contribution < 1.29 is 4.79 Å². The van der Waals surface area contributed by atoms with Crippen molar-refractivity contribution in [2.45, 2.75) is 13.5 Å². The van der Waals surface area contributed by atoms with E-state index in [-0.39, 0.29) is 5.91 Å². The number of thiophene rings is 1. The van der Waals surface area contributed by atoms with E-state index in [1.807, 2.05) is 19.1 Å². The zero-order chi connectivity index (χ0) is 14.9. The Morgan fingerprint density at radius 3 is 2.75 bits per heavy atom. The zero-order valence-electron chi connectivity index (χ0n) is 11.1. The molecule has 0 saturated carbocycles. The molecule has 0 bridgehead atoms. The fraction of sp³-hybridized carbons (Fsp3) is 0.214. The third kappa shape index (κ3) is 3.34. The third-order valence-corrected chi connectivity index (χ3v) is 4.69. The summed E-state index contributed by atoms with van der Waals surface area (Å²) < 4.78 is 1.53. The van der Waals surface area contributed by atoms with Gasteiger partial charge in [0.05, 0.1) is 10.9 Å². The van der Waals surface area contributed by atoms with Crippen molar-refractivity contribution in [2.75, 3.05) is 12.8 Å². The van der Waals surface area contributed by atoms with Crippen molar-refractivity contribution in [3.63, 3.8) is 0 Å². The SMILES string of the molecule is Cc1c(N)cc(Br)cc1C(=O)N(C)Cc1ccc(Cl)s1. The number of carbonyl (C=O) groups excluding carboxylic acids is 1. The van der Waals surface area contributed by atoms with Crippen molar-refractivity contribution >= 4 is 50.5 Å². The first-order chi connectivity index (χ1) is 9.38. The molecule has 2 rings (SSSR count). The Balaban J connectivity index is 2.22. The summed E-state index contributed by atoms with van der Waals surface area (Å²) in [6.07, 6.45) is 0. The number of anilines is 1. The summed E-state index contributed by atoms with van der Waals surface area (Å²) in [6, 6.07) is 7.36. The molecule has 0 unspecified atom stereocenters. The van der Waals surface area contributed by atoms with E-state index in [1.165, 1.54) is 11.3 Å². The van der Waals surface area contributed by atoms with Gasteiger partial charge in [0.15, 0.2) is 0 Å². The minimum absolute atomic E-state index is 0.0555. The normalized spacial score (nSPS) is 10.6. The second-order valence-electron chi connectivity index (χ2n) is 4.53. The summed E-state index contributed by atoms with van der Waals surface area (Å²) in [5, 5.41) is 0. The summed E-state index contributed by atoms with van der Waals surface area (Å²) in [4.78, 5) is 15.2. The molecule has 0 atom stereocenters. The minimum Gasteiger partial charge on any atom is -0.398 e. The molecule has 0 fully saturated rings. The molecule has 20 heavy (non-hydrogen) atoms. The first-order valence-corrected chi connectivity index (χ1v) is 7.92. The van der Waals surface area contributed by atoms with E-state index < -0.39 is 0 Å². The predicted octanol–water partition coefficient (Wildman–Crippen LogP) is 4.33. The molecular formula is C14H14BrClN2OS. The maximum absolute atomic E-state index is 12.5. The molecule has 0 aliphatic rings. The molecule has 0 radical (unpaired) electrons. The topological polar surface area (TPSA) is 46.3 Å². The Hall–Kier alpha value is -1.04. The molecule has 6 heteroatoms. The molecule has 106 valence electrons. The summed E-state index contributed by atoms with van der Waals surface area (Å²) in [5.74, 6) is -0.0555. The minimum atomic E-state index is -0.0555. The third-order valence-electron chi connectivity index (χ3n) is 3.01. The lowest BCUT2D eigenvalue weighted by molar-refractivity contribution is 0.0785. The van der Waals surface area contributed by atoms with Crippen molar-refractivity contribution in [2.24, 2.45) is 0 Å². The van der Waals surface area contributed by atoms with Gasteiger partial charge in [-0.2, -0.15) is 0 Å². The maximum atomic E-state index is 12.5. The predicted molar refractivity (Wildman–Crippen MR) is 88.4 cm³/mol. The van der Waals surface area contributed by atoms with Crippen LogP contribution in [-0.4, -0.2) is 17.9 Å². The largest absolute Gasteiger partial charge is 0.398 e. The number of halogens is 2. The number of rotatable bonds is 3. The monoisotopic (exact) mass is 372 g/mol. The van der Waals surface area contributed by atoms with Crippen LogP contribution in [0.2, 0.25) is 4.34 Å². The van der Waals surface area contributed by atoms with Crippen LogP contribution in [0.3, 0.4) is 0 Å². The van der Waals surface area contributed by atoms with E-state index in [2.05, 4.69) is 15.9 Å². The van der Waals surface area contributed by atoms with E-state index in [0.717, 1.165) is 19.2 Å². The highest BCUT2D eigenvalue weighted by molar-refractivity contribution is 9.10. The van der Waals surface area contributed by atoms with E-state index in [9.17, 15) is 4.79 Å². The van der Waals surface area contributed by atoms with Gasteiger partial charge < -0.3 is 10.6 Å². The number of benzene rings is 1. The van der Waals surface area contributed by atoms with Crippen LogP contribution in [0.4, 0.5) is 5.69 Å². The summed E-state index contributed by atoms with van der Waals surface area (Å²) in [5.41, 5.74) is 7.92. The van der Waals surface area contributed by atoms with Crippen molar-refractivity contribution in [1.82, 2.24) is 4.90 Å². The Labute approximate surface area is 135 Å². The van der Waals surface area contributed by atoms with Crippen molar-refractivity contribution in [1.29, 1.82) is 0 Å². The van der Waals surface area contributed by atoms with Gasteiger partial charge in [-0.1, -0.05) is 27.5 Å². The summed E-state index contributed by atoms with van der Waals surface area (Å²) in [7, 11) is 1.77. The van der Waals surface area contributed by atoms with Gasteiger partial charge in [-0.15, -0.1) is 11.3 Å². The van der Waals surface area contributed by atoms with Crippen LogP contribution in [0.15, 0.2) is 28.7 Å². The Morgan fingerprint density at radius 1 is 1.45 bits per heavy atom. The smallest absolute Gasteiger partial charge is 0.254 e. The fourth-order valence-corrected chi connectivity index (χ4v) is 3.49. The van der Waals surface area contributed by atoms with Crippen LogP contribution < -0.4 is 5.73 Å². The van der Waals surface area contributed by atoms with Crippen LogP contribution in [0, 0.1) is 6.92 Å². The molecule has 0 saturated heterocycles. The number of nitrogen functional groups attached to an aromatic ring is 1. The highest BCUT2D eigenvalue weighted by Gasteiger charge is 2.17. The average molecular weight is 374 g/mol. The summed E-state index contributed by atoms with van der Waals surface area (Å²) >= 11 is 10.7. The van der Waals surface area contributed by atoms with Gasteiger partial charge in [0.2, 0.25) is 0 Å². The lowest BCUT2D eigenvalue weighted by Crippen LogP contribution is -2.26. The molecular weight excluding hydrogens is 360 g/mol. The van der Waals surface area contributed by atoms with E-state index in [4.69, 9.17) is 17.3 Å². The molecule has 0 aliphatic heterocycles. The Kier molecular flexibility index (Phi) is 4.73. The van der Waals surface area contributed by atoms with Crippen molar-refractivity contribution in [3.05, 3.63) is 49.1 Å². The number of hydrogen-bond donors (Lipinski definition) is 1. The molecule has 0 spiro atoms. The number of carbonyl (C=O) groups is 1. The van der Waals surface area contributed by atoms with E-state index in [0.29, 0.717) is 17.8 Å². The average Bonchev–Trinajstić information content (AvgIpc) is 2.78. The highest BCUT2D eigenvalue weighted by atomic mass is 79.9. The first kappa shape index (κ1) is 15.4. The Bertz CT molecular complexity index is 657. The second-order valence-corrected chi connectivity index (χ2v) is 7.25. The lowest BCUT2D eigenvalue weighted by atomic mass is 10.1. The molecule has 2 N–H and O–H groups in total. The molecule has 3 nitrogen and oxygen atoms in total. The van der Waals surface area contributed by atoms with Crippen LogP contribution >= 0.6 is 38.9 Å². The van der Waals surface area contributed by atoms with Gasteiger partial charge in [0, 0.05) is 27.6 Å². The molecule has 1 amide bonds. The number of nitrogens with zero attached hydrogens (tertiary/aromatic N) is 1. The van der Waals surface area contributed by atoms with Gasteiger partial charge in [-0.05, 0) is 36.8 Å². The maximum Gasteiger partial charge on any atom is 0.254 e. The van der Waals surface area contributed by atoms with Gasteiger partial charge in [-0.25, -0.2) is 0 Å². The van der Waals surface area contributed by atoms with Gasteiger partial charge in [-0.3, -0.25) is 4.79 Å². The summed E-state index contributed by atoms with van der Waals surface area (Å²) in [6.45, 7) is 2.38. The molecule has 1 aromatic heterocycles. The molecule has 1 aromatic carbocycles. The van der Waals surface area contributed by atoms with Crippen LogP contribution in [0.25, 0.3) is 0 Å². The standard InChI is InChI=1S/C14H14BrClN2OS/c1-8-11(5-9(15)6-12(8)17)14(19)18(2)7-10-3-4-13(16)20-10/h3-6H,7,17H2,1-2H3. The van der Waals surface area contributed by atoms with E-state index in [1.54, 1.807) is 24.1 Å². The van der Waals surface area contributed by atoms with Crippen LogP contribution in [-0.2, 0) is 6.54 Å². The van der Waals surface area contributed by atoms with Gasteiger partial charge >= 0.3 is 0 Å².